The third kappa shape index (κ3) is 7.86. The van der Waals surface area contributed by atoms with Gasteiger partial charge in [-0.05, 0) is 29.7 Å². The summed E-state index contributed by atoms with van der Waals surface area (Å²) in [5, 5.41) is 11.1. The van der Waals surface area contributed by atoms with Crippen molar-refractivity contribution in [2.24, 2.45) is 4.99 Å². The van der Waals surface area contributed by atoms with Crippen LogP contribution in [0.25, 0.3) is 0 Å². The first-order valence-corrected chi connectivity index (χ1v) is 10.4. The molecule has 2 aromatic heterocycles. The van der Waals surface area contributed by atoms with E-state index >= 15 is 0 Å². The fraction of sp³-hybridized carbons (Fsp3) is 0.348. The van der Waals surface area contributed by atoms with Gasteiger partial charge in [0.05, 0.1) is 13.2 Å². The molecule has 0 saturated carbocycles. The number of aromatic nitrogens is 3. The zero-order valence-electron chi connectivity index (χ0n) is 18.1. The lowest BCUT2D eigenvalue weighted by Gasteiger charge is -2.15. The number of aliphatic imine (C=N–C) groups is 1. The predicted molar refractivity (Wildman–Crippen MR) is 135 cm³/mol. The highest BCUT2D eigenvalue weighted by Gasteiger charge is 2.07. The molecule has 8 heteroatoms. The maximum Gasteiger partial charge on any atom is 0.218 e. The van der Waals surface area contributed by atoms with E-state index in [2.05, 4.69) is 56.9 Å². The Bertz CT molecular complexity index is 929. The molecule has 166 valence electrons. The van der Waals surface area contributed by atoms with E-state index in [4.69, 9.17) is 4.74 Å². The van der Waals surface area contributed by atoms with Gasteiger partial charge < -0.3 is 15.4 Å². The Labute approximate surface area is 201 Å². The first-order chi connectivity index (χ1) is 14.8. The van der Waals surface area contributed by atoms with Gasteiger partial charge in [0.25, 0.3) is 0 Å². The van der Waals surface area contributed by atoms with Crippen molar-refractivity contribution in [3.63, 3.8) is 0 Å². The Morgan fingerprint density at radius 1 is 1.00 bits per heavy atom. The van der Waals surface area contributed by atoms with Crippen LogP contribution >= 0.6 is 24.0 Å². The number of hydrogen-bond donors (Lipinski definition) is 2. The van der Waals surface area contributed by atoms with E-state index in [1.54, 1.807) is 19.4 Å². The second-order valence-electron chi connectivity index (χ2n) is 6.92. The van der Waals surface area contributed by atoms with Crippen molar-refractivity contribution in [3.05, 3.63) is 77.7 Å². The lowest BCUT2D eigenvalue weighted by atomic mass is 10.1. The number of ether oxygens (including phenoxy) is 1. The van der Waals surface area contributed by atoms with E-state index in [-0.39, 0.29) is 24.0 Å². The van der Waals surface area contributed by atoms with Crippen molar-refractivity contribution in [1.82, 2.24) is 25.4 Å². The zero-order valence-corrected chi connectivity index (χ0v) is 20.5. The number of guanidine groups is 1. The van der Waals surface area contributed by atoms with Crippen molar-refractivity contribution < 1.29 is 4.74 Å². The summed E-state index contributed by atoms with van der Waals surface area (Å²) in [4.78, 5) is 8.71. The van der Waals surface area contributed by atoms with Gasteiger partial charge in [-0.25, -0.2) is 4.98 Å². The van der Waals surface area contributed by atoms with Gasteiger partial charge in [0.1, 0.15) is 0 Å². The van der Waals surface area contributed by atoms with Crippen LogP contribution in [0.5, 0.6) is 5.88 Å². The molecule has 0 radical (unpaired) electrons. The Balaban J connectivity index is 0.00000341. The van der Waals surface area contributed by atoms with Crippen LogP contribution in [0, 0.1) is 0 Å². The number of nitrogens with zero attached hydrogens (tertiary/aromatic N) is 4. The van der Waals surface area contributed by atoms with Crippen LogP contribution in [0.2, 0.25) is 0 Å². The highest BCUT2D eigenvalue weighted by molar-refractivity contribution is 14.0. The minimum absolute atomic E-state index is 0. The minimum atomic E-state index is 0. The van der Waals surface area contributed by atoms with Gasteiger partial charge in [-0.2, -0.15) is 5.10 Å². The average molecular weight is 534 g/mol. The van der Waals surface area contributed by atoms with Crippen molar-refractivity contribution in [1.29, 1.82) is 0 Å². The molecule has 3 aromatic rings. The van der Waals surface area contributed by atoms with Crippen molar-refractivity contribution in [2.45, 2.75) is 39.4 Å². The summed E-state index contributed by atoms with van der Waals surface area (Å²) in [5.74, 6) is 1.41. The fourth-order valence-corrected chi connectivity index (χ4v) is 3.03. The van der Waals surface area contributed by atoms with Crippen molar-refractivity contribution >= 4 is 29.9 Å². The van der Waals surface area contributed by atoms with Gasteiger partial charge >= 0.3 is 0 Å². The smallest absolute Gasteiger partial charge is 0.218 e. The van der Waals surface area contributed by atoms with E-state index in [0.717, 1.165) is 30.9 Å². The van der Waals surface area contributed by atoms with Gasteiger partial charge in [-0.1, -0.05) is 43.7 Å². The molecule has 0 saturated heterocycles. The maximum atomic E-state index is 5.82. The van der Waals surface area contributed by atoms with Crippen LogP contribution in [0.15, 0.2) is 66.0 Å². The first kappa shape index (κ1) is 24.6. The standard InChI is InChI=1S/C23H30N6O.HI/c1-3-4-15-30-22-20(11-7-12-25-22)17-27-23(24-2)26-16-19-9-5-6-10-21(19)18-29-14-8-13-28-29;/h5-14H,3-4,15-18H2,1-2H3,(H2,24,26,27);1H. The topological polar surface area (TPSA) is 76.4 Å². The molecule has 31 heavy (non-hydrogen) atoms. The van der Waals surface area contributed by atoms with E-state index in [0.29, 0.717) is 25.6 Å². The minimum Gasteiger partial charge on any atom is -0.477 e. The molecule has 2 N–H and O–H groups in total. The summed E-state index contributed by atoms with van der Waals surface area (Å²) in [7, 11) is 1.77. The van der Waals surface area contributed by atoms with Crippen molar-refractivity contribution in [2.75, 3.05) is 13.7 Å². The maximum absolute atomic E-state index is 5.82. The summed E-state index contributed by atoms with van der Waals surface area (Å²) in [6.45, 7) is 4.83. The van der Waals surface area contributed by atoms with Gasteiger partial charge in [-0.3, -0.25) is 9.67 Å². The second-order valence-corrected chi connectivity index (χ2v) is 6.92. The summed E-state index contributed by atoms with van der Waals surface area (Å²) in [5.41, 5.74) is 3.44. The lowest BCUT2D eigenvalue weighted by Crippen LogP contribution is -2.36. The van der Waals surface area contributed by atoms with Gasteiger partial charge in [-0.15, -0.1) is 24.0 Å². The van der Waals surface area contributed by atoms with Crippen LogP contribution in [0.3, 0.4) is 0 Å². The number of unbranched alkanes of at least 4 members (excludes halogenated alkanes) is 1. The third-order valence-corrected chi connectivity index (χ3v) is 4.71. The Morgan fingerprint density at radius 2 is 1.74 bits per heavy atom. The summed E-state index contributed by atoms with van der Waals surface area (Å²) in [6.07, 6.45) is 7.64. The van der Waals surface area contributed by atoms with Crippen molar-refractivity contribution in [3.8, 4) is 5.88 Å². The van der Waals surface area contributed by atoms with E-state index in [9.17, 15) is 0 Å². The number of halogens is 1. The SMILES string of the molecule is CCCCOc1ncccc1CNC(=NC)NCc1ccccc1Cn1cccn1.I. The molecule has 0 aliphatic heterocycles. The van der Waals surface area contributed by atoms with Crippen LogP contribution < -0.4 is 15.4 Å². The number of nitrogens with one attached hydrogen (secondary N) is 2. The molecule has 2 heterocycles. The summed E-state index contributed by atoms with van der Waals surface area (Å²) >= 11 is 0. The van der Waals surface area contributed by atoms with E-state index in [1.807, 2.05) is 29.1 Å². The number of rotatable bonds is 10. The molecule has 0 aliphatic rings. The van der Waals surface area contributed by atoms with Gasteiger partial charge in [0.15, 0.2) is 5.96 Å². The Hall–Kier alpha value is -2.62. The normalized spacial score (nSPS) is 11.0. The number of benzene rings is 1. The summed E-state index contributed by atoms with van der Waals surface area (Å²) < 4.78 is 7.74. The van der Waals surface area contributed by atoms with Crippen LogP contribution in [0.1, 0.15) is 36.5 Å². The molecule has 0 atom stereocenters. The van der Waals surface area contributed by atoms with Crippen LogP contribution in [-0.4, -0.2) is 34.4 Å². The Kier molecular flexibility index (Phi) is 10.8. The number of hydrogen-bond acceptors (Lipinski definition) is 4. The molecule has 1 aromatic carbocycles. The van der Waals surface area contributed by atoms with Gasteiger partial charge in [0, 0.05) is 44.3 Å². The highest BCUT2D eigenvalue weighted by Crippen LogP contribution is 2.14. The Morgan fingerprint density at radius 3 is 2.45 bits per heavy atom. The molecule has 0 amide bonds. The van der Waals surface area contributed by atoms with E-state index < -0.39 is 0 Å². The van der Waals surface area contributed by atoms with Crippen LogP contribution in [-0.2, 0) is 19.6 Å². The largest absolute Gasteiger partial charge is 0.477 e. The molecule has 0 fully saturated rings. The highest BCUT2D eigenvalue weighted by atomic mass is 127. The molecule has 7 nitrogen and oxygen atoms in total. The molecule has 0 aliphatic carbocycles. The third-order valence-electron chi connectivity index (χ3n) is 4.71. The molecule has 0 bridgehead atoms. The molecule has 3 rings (SSSR count). The van der Waals surface area contributed by atoms with Crippen LogP contribution in [0.4, 0.5) is 0 Å². The average Bonchev–Trinajstić information content (AvgIpc) is 3.29. The molecular formula is C23H31IN6O. The second kappa shape index (κ2) is 13.6. The summed E-state index contributed by atoms with van der Waals surface area (Å²) in [6, 6.07) is 14.2. The van der Waals surface area contributed by atoms with E-state index in [1.165, 1.54) is 11.1 Å². The lowest BCUT2D eigenvalue weighted by molar-refractivity contribution is 0.294. The molecular weight excluding hydrogens is 503 g/mol. The molecule has 0 spiro atoms. The fourth-order valence-electron chi connectivity index (χ4n) is 3.03. The predicted octanol–water partition coefficient (Wildman–Crippen LogP) is 3.99. The zero-order chi connectivity index (χ0) is 21.0. The van der Waals surface area contributed by atoms with Gasteiger partial charge in [0.2, 0.25) is 5.88 Å². The number of pyridine rings is 1. The molecule has 0 unspecified atom stereocenters. The quantitative estimate of drug-likeness (QED) is 0.178. The monoisotopic (exact) mass is 534 g/mol. The first-order valence-electron chi connectivity index (χ1n) is 10.4.